The second-order valence-corrected chi connectivity index (χ2v) is 8.56. The summed E-state index contributed by atoms with van der Waals surface area (Å²) in [7, 11) is 3.62. The SMILES string of the molecule is CN(C)C(=O)c1nn(CC2CCCCC2)c2c1CC(NCc1ccco1)CC2. The van der Waals surface area contributed by atoms with Crippen LogP contribution in [-0.4, -0.2) is 40.7 Å². The summed E-state index contributed by atoms with van der Waals surface area (Å²) in [6, 6.07) is 4.25. The summed E-state index contributed by atoms with van der Waals surface area (Å²) in [6.07, 6.45) is 11.2. The van der Waals surface area contributed by atoms with Crippen LogP contribution in [0.3, 0.4) is 0 Å². The van der Waals surface area contributed by atoms with Gasteiger partial charge < -0.3 is 14.6 Å². The average Bonchev–Trinajstić information content (AvgIpc) is 3.34. The zero-order valence-electron chi connectivity index (χ0n) is 17.1. The maximum atomic E-state index is 12.8. The van der Waals surface area contributed by atoms with Gasteiger partial charge in [-0.3, -0.25) is 9.48 Å². The Morgan fingerprint density at radius 1 is 1.29 bits per heavy atom. The molecule has 1 amide bonds. The van der Waals surface area contributed by atoms with Crippen molar-refractivity contribution in [1.29, 1.82) is 0 Å². The van der Waals surface area contributed by atoms with Crippen LogP contribution >= 0.6 is 0 Å². The minimum atomic E-state index is 0.0188. The maximum Gasteiger partial charge on any atom is 0.274 e. The Labute approximate surface area is 167 Å². The number of nitrogens with one attached hydrogen (secondary N) is 1. The number of hydrogen-bond donors (Lipinski definition) is 1. The lowest BCUT2D eigenvalue weighted by molar-refractivity contribution is 0.0819. The van der Waals surface area contributed by atoms with Gasteiger partial charge in [-0.15, -0.1) is 0 Å². The van der Waals surface area contributed by atoms with E-state index < -0.39 is 0 Å². The number of carbonyl (C=O) groups is 1. The highest BCUT2D eigenvalue weighted by molar-refractivity contribution is 5.93. The van der Waals surface area contributed by atoms with Gasteiger partial charge in [-0.1, -0.05) is 19.3 Å². The first kappa shape index (κ1) is 19.2. The fourth-order valence-electron chi connectivity index (χ4n) is 4.67. The van der Waals surface area contributed by atoms with Crippen LogP contribution < -0.4 is 5.32 Å². The molecule has 2 heterocycles. The van der Waals surface area contributed by atoms with Crippen molar-refractivity contribution in [3.63, 3.8) is 0 Å². The van der Waals surface area contributed by atoms with Crippen molar-refractivity contribution in [2.24, 2.45) is 5.92 Å². The summed E-state index contributed by atoms with van der Waals surface area (Å²) in [5.74, 6) is 1.67. The Morgan fingerprint density at radius 2 is 2.11 bits per heavy atom. The molecule has 1 fully saturated rings. The molecule has 2 aromatic heterocycles. The summed E-state index contributed by atoms with van der Waals surface area (Å²) in [6.45, 7) is 1.69. The number of aromatic nitrogens is 2. The van der Waals surface area contributed by atoms with Gasteiger partial charge in [0.05, 0.1) is 12.8 Å². The van der Waals surface area contributed by atoms with Gasteiger partial charge in [0.15, 0.2) is 5.69 Å². The lowest BCUT2D eigenvalue weighted by atomic mass is 9.88. The number of rotatable bonds is 6. The molecule has 1 unspecified atom stereocenters. The lowest BCUT2D eigenvalue weighted by Crippen LogP contribution is -2.35. The van der Waals surface area contributed by atoms with E-state index in [2.05, 4.69) is 10.00 Å². The van der Waals surface area contributed by atoms with E-state index in [1.54, 1.807) is 11.2 Å². The number of carbonyl (C=O) groups excluding carboxylic acids is 1. The predicted molar refractivity (Wildman–Crippen MR) is 108 cm³/mol. The van der Waals surface area contributed by atoms with Crippen molar-refractivity contribution >= 4 is 5.91 Å². The second kappa shape index (κ2) is 8.52. The number of fused-ring (bicyclic) bond motifs is 1. The minimum Gasteiger partial charge on any atom is -0.468 e. The largest absolute Gasteiger partial charge is 0.468 e. The number of hydrogen-bond acceptors (Lipinski definition) is 4. The van der Waals surface area contributed by atoms with E-state index in [-0.39, 0.29) is 5.91 Å². The van der Waals surface area contributed by atoms with Crippen LogP contribution in [0.15, 0.2) is 22.8 Å². The number of amides is 1. The monoisotopic (exact) mass is 384 g/mol. The van der Waals surface area contributed by atoms with Gasteiger partial charge in [-0.05, 0) is 50.2 Å². The number of nitrogens with zero attached hydrogens (tertiary/aromatic N) is 3. The van der Waals surface area contributed by atoms with E-state index in [1.165, 1.54) is 37.8 Å². The smallest absolute Gasteiger partial charge is 0.274 e. The zero-order valence-corrected chi connectivity index (χ0v) is 17.1. The third-order valence-corrected chi connectivity index (χ3v) is 6.26. The highest BCUT2D eigenvalue weighted by atomic mass is 16.3. The molecule has 2 aliphatic carbocycles. The molecule has 1 atom stereocenters. The van der Waals surface area contributed by atoms with Crippen LogP contribution in [0.2, 0.25) is 0 Å². The highest BCUT2D eigenvalue weighted by Gasteiger charge is 2.30. The third kappa shape index (κ3) is 4.17. The molecule has 0 saturated heterocycles. The summed E-state index contributed by atoms with van der Waals surface area (Å²) in [5.41, 5.74) is 3.09. The van der Waals surface area contributed by atoms with E-state index in [9.17, 15) is 4.79 Å². The van der Waals surface area contributed by atoms with Gasteiger partial charge in [0, 0.05) is 37.9 Å². The first-order valence-corrected chi connectivity index (χ1v) is 10.7. The van der Waals surface area contributed by atoms with Crippen LogP contribution in [0.25, 0.3) is 0 Å². The van der Waals surface area contributed by atoms with Crippen LogP contribution in [-0.2, 0) is 25.9 Å². The molecule has 1 N–H and O–H groups in total. The molecule has 4 rings (SSSR count). The second-order valence-electron chi connectivity index (χ2n) is 8.56. The summed E-state index contributed by atoms with van der Waals surface area (Å²) in [4.78, 5) is 14.4. The molecule has 152 valence electrons. The Kier molecular flexibility index (Phi) is 5.85. The van der Waals surface area contributed by atoms with Gasteiger partial charge in [-0.2, -0.15) is 5.10 Å². The van der Waals surface area contributed by atoms with E-state index >= 15 is 0 Å². The van der Waals surface area contributed by atoms with Crippen molar-refractivity contribution in [1.82, 2.24) is 20.0 Å². The first-order valence-electron chi connectivity index (χ1n) is 10.7. The standard InChI is InChI=1S/C22H32N4O2/c1-25(2)22(27)21-19-13-17(23-14-18-9-6-12-28-18)10-11-20(19)26(24-21)15-16-7-4-3-5-8-16/h6,9,12,16-17,23H,3-5,7-8,10-11,13-15H2,1-2H3. The molecular weight excluding hydrogens is 352 g/mol. The fourth-order valence-corrected chi connectivity index (χ4v) is 4.67. The van der Waals surface area contributed by atoms with Crippen molar-refractivity contribution < 1.29 is 9.21 Å². The molecular formula is C22H32N4O2. The minimum absolute atomic E-state index is 0.0188. The van der Waals surface area contributed by atoms with Crippen LogP contribution in [0.4, 0.5) is 0 Å². The van der Waals surface area contributed by atoms with Crippen LogP contribution in [0, 0.1) is 5.92 Å². The Morgan fingerprint density at radius 3 is 2.82 bits per heavy atom. The summed E-state index contributed by atoms with van der Waals surface area (Å²) >= 11 is 0. The third-order valence-electron chi connectivity index (χ3n) is 6.26. The Bertz CT molecular complexity index is 788. The van der Waals surface area contributed by atoms with E-state index in [0.717, 1.165) is 43.7 Å². The molecule has 6 nitrogen and oxygen atoms in total. The van der Waals surface area contributed by atoms with Gasteiger partial charge in [0.2, 0.25) is 0 Å². The normalized spacial score (nSPS) is 20.1. The molecule has 0 aliphatic heterocycles. The molecule has 0 bridgehead atoms. The van der Waals surface area contributed by atoms with Gasteiger partial charge in [0.1, 0.15) is 5.76 Å². The van der Waals surface area contributed by atoms with E-state index in [1.807, 2.05) is 26.2 Å². The molecule has 6 heteroatoms. The molecule has 1 saturated carbocycles. The Balaban J connectivity index is 1.52. The van der Waals surface area contributed by atoms with Crippen molar-refractivity contribution in [2.75, 3.05) is 14.1 Å². The Hall–Kier alpha value is -2.08. The summed E-state index contributed by atoms with van der Waals surface area (Å²) < 4.78 is 7.61. The van der Waals surface area contributed by atoms with Crippen LogP contribution in [0.5, 0.6) is 0 Å². The highest BCUT2D eigenvalue weighted by Crippen LogP contribution is 2.30. The van der Waals surface area contributed by atoms with Gasteiger partial charge >= 0.3 is 0 Å². The van der Waals surface area contributed by atoms with E-state index in [0.29, 0.717) is 17.7 Å². The number of furan rings is 1. The van der Waals surface area contributed by atoms with E-state index in [4.69, 9.17) is 9.52 Å². The molecule has 28 heavy (non-hydrogen) atoms. The van der Waals surface area contributed by atoms with Crippen molar-refractivity contribution in [2.45, 2.75) is 70.5 Å². The zero-order chi connectivity index (χ0) is 19.5. The van der Waals surface area contributed by atoms with Crippen LogP contribution in [0.1, 0.15) is 66.0 Å². The molecule has 0 radical (unpaired) electrons. The van der Waals surface area contributed by atoms with Crippen molar-refractivity contribution in [3.05, 3.63) is 41.1 Å². The fraction of sp³-hybridized carbons (Fsp3) is 0.636. The molecule has 0 spiro atoms. The topological polar surface area (TPSA) is 63.3 Å². The first-order chi connectivity index (χ1) is 13.6. The predicted octanol–water partition coefficient (Wildman–Crippen LogP) is 3.41. The molecule has 2 aromatic rings. The molecule has 0 aromatic carbocycles. The van der Waals surface area contributed by atoms with Gasteiger partial charge in [-0.25, -0.2) is 0 Å². The average molecular weight is 385 g/mol. The molecule has 2 aliphatic rings. The van der Waals surface area contributed by atoms with Gasteiger partial charge in [0.25, 0.3) is 5.91 Å². The van der Waals surface area contributed by atoms with Crippen molar-refractivity contribution in [3.8, 4) is 0 Å². The lowest BCUT2D eigenvalue weighted by Gasteiger charge is -2.26. The maximum absolute atomic E-state index is 12.8. The quantitative estimate of drug-likeness (QED) is 0.829. The summed E-state index contributed by atoms with van der Waals surface area (Å²) in [5, 5.41) is 8.43.